The van der Waals surface area contributed by atoms with Gasteiger partial charge >= 0.3 is 0 Å². The first kappa shape index (κ1) is 16.5. The highest BCUT2D eigenvalue weighted by molar-refractivity contribution is 5.83. The van der Waals surface area contributed by atoms with Gasteiger partial charge in [0.15, 0.2) is 0 Å². The molecule has 5 heteroatoms. The maximum Gasteiger partial charge on any atom is 0.244 e. The van der Waals surface area contributed by atoms with E-state index < -0.39 is 0 Å². The number of methoxy groups -OCH3 is 1. The van der Waals surface area contributed by atoms with Crippen molar-refractivity contribution >= 4 is 5.91 Å². The van der Waals surface area contributed by atoms with Crippen LogP contribution in [0.1, 0.15) is 30.0 Å². The molecule has 5 nitrogen and oxygen atoms in total. The number of nitrogens with zero attached hydrogens (tertiary/aromatic N) is 2. The fraction of sp³-hybridized carbons (Fsp3) is 0.368. The molecule has 126 valence electrons. The number of hydrogen-bond acceptors (Lipinski definition) is 4. The highest BCUT2D eigenvalue weighted by Crippen LogP contribution is 2.20. The summed E-state index contributed by atoms with van der Waals surface area (Å²) in [4.78, 5) is 19.1. The van der Waals surface area contributed by atoms with Crippen LogP contribution in [0.25, 0.3) is 0 Å². The number of aromatic nitrogens is 1. The molecule has 1 fully saturated rings. The van der Waals surface area contributed by atoms with E-state index in [1.807, 2.05) is 47.4 Å². The second kappa shape index (κ2) is 7.93. The minimum Gasteiger partial charge on any atom is -0.481 e. The van der Waals surface area contributed by atoms with Gasteiger partial charge in [0.1, 0.15) is 6.04 Å². The molecular formula is C19H23N3O2. The predicted molar refractivity (Wildman–Crippen MR) is 92.6 cm³/mol. The summed E-state index contributed by atoms with van der Waals surface area (Å²) in [5, 5.41) is 3.39. The molecule has 0 unspecified atom stereocenters. The first-order valence-corrected chi connectivity index (χ1v) is 8.34. The molecule has 0 aliphatic carbocycles. The normalized spacial score (nSPS) is 15.3. The van der Waals surface area contributed by atoms with Gasteiger partial charge in [-0.1, -0.05) is 36.4 Å². The highest BCUT2D eigenvalue weighted by Gasteiger charge is 2.27. The maximum atomic E-state index is 12.9. The quantitative estimate of drug-likeness (QED) is 0.887. The average molecular weight is 325 g/mol. The summed E-state index contributed by atoms with van der Waals surface area (Å²) in [6, 6.07) is 13.4. The summed E-state index contributed by atoms with van der Waals surface area (Å²) >= 11 is 0. The third-order valence-corrected chi connectivity index (χ3v) is 4.31. The predicted octanol–water partition coefficient (Wildman–Crippen LogP) is 2.54. The first-order valence-electron chi connectivity index (χ1n) is 8.34. The van der Waals surface area contributed by atoms with E-state index in [1.54, 1.807) is 13.3 Å². The van der Waals surface area contributed by atoms with E-state index in [0.29, 0.717) is 12.4 Å². The lowest BCUT2D eigenvalue weighted by atomic mass is 10.1. The molecule has 0 radical (unpaired) electrons. The molecule has 1 aliphatic rings. The van der Waals surface area contributed by atoms with Gasteiger partial charge in [-0.25, -0.2) is 4.98 Å². The summed E-state index contributed by atoms with van der Waals surface area (Å²) < 4.78 is 5.08. The number of hydrogen-bond donors (Lipinski definition) is 1. The van der Waals surface area contributed by atoms with Gasteiger partial charge in [0.25, 0.3) is 0 Å². The van der Waals surface area contributed by atoms with Crippen LogP contribution in [0.2, 0.25) is 0 Å². The van der Waals surface area contributed by atoms with Crippen molar-refractivity contribution in [2.45, 2.75) is 25.4 Å². The number of nitrogens with one attached hydrogen (secondary N) is 1. The largest absolute Gasteiger partial charge is 0.481 e. The summed E-state index contributed by atoms with van der Waals surface area (Å²) in [7, 11) is 1.60. The zero-order valence-corrected chi connectivity index (χ0v) is 13.9. The smallest absolute Gasteiger partial charge is 0.244 e. The van der Waals surface area contributed by atoms with E-state index in [2.05, 4.69) is 10.3 Å². The van der Waals surface area contributed by atoms with Gasteiger partial charge < -0.3 is 9.64 Å². The molecular weight excluding hydrogens is 302 g/mol. The van der Waals surface area contributed by atoms with Crippen LogP contribution in [0, 0.1) is 0 Å². The lowest BCUT2D eigenvalue weighted by molar-refractivity contribution is -0.132. The molecule has 0 saturated carbocycles. The van der Waals surface area contributed by atoms with Crippen LogP contribution in [0.5, 0.6) is 5.88 Å². The van der Waals surface area contributed by atoms with Crippen molar-refractivity contribution in [2.24, 2.45) is 0 Å². The van der Waals surface area contributed by atoms with Crippen LogP contribution in [0.15, 0.2) is 48.7 Å². The number of rotatable bonds is 6. The van der Waals surface area contributed by atoms with Gasteiger partial charge in [-0.05, 0) is 24.0 Å². The summed E-state index contributed by atoms with van der Waals surface area (Å²) in [6.07, 6.45) is 3.96. The van der Waals surface area contributed by atoms with Gasteiger partial charge in [0, 0.05) is 31.9 Å². The Bertz CT molecular complexity index is 652. The molecule has 1 amide bonds. The fourth-order valence-corrected chi connectivity index (χ4v) is 2.97. The van der Waals surface area contributed by atoms with Gasteiger partial charge in [-0.15, -0.1) is 0 Å². The Labute approximate surface area is 142 Å². The Morgan fingerprint density at radius 3 is 2.58 bits per heavy atom. The number of likely N-dealkylation sites (tertiary alicyclic amines) is 1. The number of pyridine rings is 1. The first-order chi connectivity index (χ1) is 11.8. The molecule has 0 spiro atoms. The van der Waals surface area contributed by atoms with Gasteiger partial charge in [0.05, 0.1) is 7.11 Å². The van der Waals surface area contributed by atoms with E-state index in [1.165, 1.54) is 0 Å². The van der Waals surface area contributed by atoms with Crippen LogP contribution in [0.4, 0.5) is 0 Å². The van der Waals surface area contributed by atoms with E-state index in [-0.39, 0.29) is 11.9 Å². The van der Waals surface area contributed by atoms with Gasteiger partial charge in [-0.3, -0.25) is 10.1 Å². The Morgan fingerprint density at radius 2 is 1.96 bits per heavy atom. The summed E-state index contributed by atoms with van der Waals surface area (Å²) in [5.74, 6) is 0.742. The van der Waals surface area contributed by atoms with Gasteiger partial charge in [-0.2, -0.15) is 0 Å². The SMILES string of the molecule is COc1ccc(CN[C@@H](C(=O)N2CCCC2)c2ccccc2)cn1. The third-order valence-electron chi connectivity index (χ3n) is 4.31. The van der Waals surface area contributed by atoms with Crippen LogP contribution in [-0.2, 0) is 11.3 Å². The fourth-order valence-electron chi connectivity index (χ4n) is 2.97. The average Bonchev–Trinajstić information content (AvgIpc) is 3.18. The topological polar surface area (TPSA) is 54.5 Å². The number of amides is 1. The van der Waals surface area contributed by atoms with Crippen LogP contribution in [0.3, 0.4) is 0 Å². The molecule has 2 heterocycles. The number of benzene rings is 1. The molecule has 3 rings (SSSR count). The van der Waals surface area contributed by atoms with E-state index >= 15 is 0 Å². The minimum atomic E-state index is -0.327. The van der Waals surface area contributed by atoms with Crippen LogP contribution < -0.4 is 10.1 Å². The van der Waals surface area contributed by atoms with E-state index in [9.17, 15) is 4.79 Å². The highest BCUT2D eigenvalue weighted by atomic mass is 16.5. The molecule has 1 aliphatic heterocycles. The van der Waals surface area contributed by atoms with Crippen molar-refractivity contribution in [1.29, 1.82) is 0 Å². The molecule has 1 saturated heterocycles. The molecule has 1 aromatic carbocycles. The maximum absolute atomic E-state index is 12.9. The van der Waals surface area contributed by atoms with Crippen LogP contribution >= 0.6 is 0 Å². The molecule has 1 N–H and O–H groups in total. The molecule has 1 atom stereocenters. The van der Waals surface area contributed by atoms with Crippen molar-refractivity contribution in [3.05, 3.63) is 59.8 Å². The Balaban J connectivity index is 1.72. The zero-order valence-electron chi connectivity index (χ0n) is 13.9. The minimum absolute atomic E-state index is 0.153. The van der Waals surface area contributed by atoms with Crippen molar-refractivity contribution in [2.75, 3.05) is 20.2 Å². The van der Waals surface area contributed by atoms with Crippen molar-refractivity contribution in [1.82, 2.24) is 15.2 Å². The van der Waals surface area contributed by atoms with Crippen molar-refractivity contribution in [3.63, 3.8) is 0 Å². The van der Waals surface area contributed by atoms with E-state index in [4.69, 9.17) is 4.74 Å². The van der Waals surface area contributed by atoms with Gasteiger partial charge in [0.2, 0.25) is 11.8 Å². The monoisotopic (exact) mass is 325 g/mol. The Kier molecular flexibility index (Phi) is 5.43. The lowest BCUT2D eigenvalue weighted by Gasteiger charge is -2.24. The number of ether oxygens (including phenoxy) is 1. The summed E-state index contributed by atoms with van der Waals surface area (Å²) in [6.45, 7) is 2.29. The van der Waals surface area contributed by atoms with Crippen molar-refractivity contribution in [3.8, 4) is 5.88 Å². The zero-order chi connectivity index (χ0) is 16.8. The van der Waals surface area contributed by atoms with Crippen LogP contribution in [-0.4, -0.2) is 36.0 Å². The molecule has 1 aromatic heterocycles. The third kappa shape index (κ3) is 3.92. The second-order valence-electron chi connectivity index (χ2n) is 5.97. The Morgan fingerprint density at radius 1 is 1.21 bits per heavy atom. The molecule has 24 heavy (non-hydrogen) atoms. The number of carbonyl (C=O) groups excluding carboxylic acids is 1. The lowest BCUT2D eigenvalue weighted by Crippen LogP contribution is -2.39. The molecule has 0 bridgehead atoms. The molecule has 2 aromatic rings. The summed E-state index contributed by atoms with van der Waals surface area (Å²) in [5.41, 5.74) is 2.02. The van der Waals surface area contributed by atoms with E-state index in [0.717, 1.165) is 37.1 Å². The standard InChI is InChI=1S/C19H23N3O2/c1-24-17-10-9-15(13-20-17)14-21-18(16-7-3-2-4-8-16)19(23)22-11-5-6-12-22/h2-4,7-10,13,18,21H,5-6,11-12,14H2,1H3/t18-/m1/s1. The van der Waals surface area contributed by atoms with Crippen molar-refractivity contribution < 1.29 is 9.53 Å². The Hall–Kier alpha value is -2.40. The second-order valence-corrected chi connectivity index (χ2v) is 5.97. The number of carbonyl (C=O) groups is 1.